The van der Waals surface area contributed by atoms with E-state index in [1.165, 1.54) is 19.3 Å². The Labute approximate surface area is 79.9 Å². The average molecular weight is 215 g/mol. The van der Waals surface area contributed by atoms with E-state index in [9.17, 15) is 0 Å². The summed E-state index contributed by atoms with van der Waals surface area (Å²) in [5, 5.41) is 0. The van der Waals surface area contributed by atoms with Crippen LogP contribution in [0.4, 0.5) is 0 Å². The molecule has 0 amide bonds. The predicted molar refractivity (Wildman–Crippen MR) is 59.5 cm³/mol. The van der Waals surface area contributed by atoms with Crippen molar-refractivity contribution in [2.24, 2.45) is 0 Å². The van der Waals surface area contributed by atoms with Gasteiger partial charge >= 0.3 is 79.6 Å². The van der Waals surface area contributed by atoms with E-state index in [1.54, 1.807) is 0 Å². The Morgan fingerprint density at radius 3 is 2.45 bits per heavy atom. The summed E-state index contributed by atoms with van der Waals surface area (Å²) in [6, 6.07) is 0. The molecule has 3 heteroatoms. The predicted octanol–water partition coefficient (Wildman–Crippen LogP) is 4.42. The molecule has 11 heavy (non-hydrogen) atoms. The molecule has 0 heterocycles. The summed E-state index contributed by atoms with van der Waals surface area (Å²) in [6.07, 6.45) is 7.30. The van der Waals surface area contributed by atoms with Crippen LogP contribution in [0.1, 0.15) is 26.2 Å². The van der Waals surface area contributed by atoms with E-state index in [0.29, 0.717) is 0 Å². The van der Waals surface area contributed by atoms with Gasteiger partial charge in [-0.15, -0.1) is 0 Å². The molecule has 0 aromatic carbocycles. The molecule has 0 aromatic heterocycles. The van der Waals surface area contributed by atoms with Crippen molar-refractivity contribution in [1.82, 2.24) is 0 Å². The molecule has 0 aliphatic rings. The third-order valence-electron chi connectivity index (χ3n) is 1.59. The molecule has 0 aliphatic heterocycles. The molecule has 0 nitrogen and oxygen atoms in total. The molecule has 0 N–H and O–H groups in total. The molecule has 0 bridgehead atoms. The standard InChI is InChI=1S/C8H17Cl2P/c1-3-5-6-8-11(9,10)7-4-2/h4,11H,2-3,5-8H2,1H3. The Balaban J connectivity index is 3.45. The first kappa shape index (κ1) is 11.8. The second-order valence-electron chi connectivity index (χ2n) is 2.81. The first-order valence-corrected chi connectivity index (χ1v) is 8.55. The summed E-state index contributed by atoms with van der Waals surface area (Å²) in [5.74, 6) is -1.91. The van der Waals surface area contributed by atoms with Crippen LogP contribution in [0.3, 0.4) is 0 Å². The number of hydrogen-bond acceptors (Lipinski definition) is 0. The van der Waals surface area contributed by atoms with Crippen LogP contribution < -0.4 is 0 Å². The van der Waals surface area contributed by atoms with Gasteiger partial charge in [-0.05, 0) is 0 Å². The molecule has 0 atom stereocenters. The molecular formula is C8H17Cl2P. The van der Waals surface area contributed by atoms with Gasteiger partial charge in [-0.1, -0.05) is 0 Å². The van der Waals surface area contributed by atoms with Crippen molar-refractivity contribution in [3.8, 4) is 0 Å². The molecule has 0 fully saturated rings. The minimum absolute atomic E-state index is 0.819. The van der Waals surface area contributed by atoms with Crippen molar-refractivity contribution in [3.05, 3.63) is 12.7 Å². The Morgan fingerprint density at radius 1 is 1.36 bits per heavy atom. The SMILES string of the molecule is C=CC[PH](Cl)(Cl)CCCCC. The van der Waals surface area contributed by atoms with Crippen LogP contribution in [0.2, 0.25) is 0 Å². The van der Waals surface area contributed by atoms with Crippen molar-refractivity contribution in [2.45, 2.75) is 26.2 Å². The zero-order chi connectivity index (χ0) is 8.74. The Kier molecular flexibility index (Phi) is 6.71. The maximum atomic E-state index is 6.11. The van der Waals surface area contributed by atoms with Gasteiger partial charge in [0.1, 0.15) is 0 Å². The van der Waals surface area contributed by atoms with E-state index < -0.39 is 5.97 Å². The summed E-state index contributed by atoms with van der Waals surface area (Å²) in [6.45, 7) is 5.82. The van der Waals surface area contributed by atoms with Crippen molar-refractivity contribution >= 4 is 28.4 Å². The molecule has 0 aromatic rings. The van der Waals surface area contributed by atoms with Crippen LogP contribution in [0.15, 0.2) is 12.7 Å². The molecule has 0 aliphatic carbocycles. The van der Waals surface area contributed by atoms with E-state index in [2.05, 4.69) is 13.5 Å². The van der Waals surface area contributed by atoms with Crippen LogP contribution in [0.5, 0.6) is 0 Å². The van der Waals surface area contributed by atoms with Gasteiger partial charge in [0.25, 0.3) is 0 Å². The molecule has 68 valence electrons. The normalized spacial score (nSPS) is 13.0. The topological polar surface area (TPSA) is 0 Å². The third-order valence-corrected chi connectivity index (χ3v) is 5.62. The Bertz CT molecular complexity index is 113. The van der Waals surface area contributed by atoms with Gasteiger partial charge in [0.2, 0.25) is 0 Å². The minimum atomic E-state index is -1.91. The summed E-state index contributed by atoms with van der Waals surface area (Å²) >= 11 is 12.2. The van der Waals surface area contributed by atoms with Crippen LogP contribution in [-0.4, -0.2) is 12.3 Å². The molecular weight excluding hydrogens is 198 g/mol. The first-order valence-electron chi connectivity index (χ1n) is 4.11. The van der Waals surface area contributed by atoms with Gasteiger partial charge in [-0.2, -0.15) is 0 Å². The van der Waals surface area contributed by atoms with Gasteiger partial charge < -0.3 is 0 Å². The molecule has 0 unspecified atom stereocenters. The number of hydrogen-bond donors (Lipinski definition) is 0. The molecule has 0 radical (unpaired) electrons. The van der Waals surface area contributed by atoms with E-state index in [-0.39, 0.29) is 0 Å². The number of unbranched alkanes of at least 4 members (excludes halogenated alkanes) is 2. The number of allylic oxidation sites excluding steroid dienone is 1. The summed E-state index contributed by atoms with van der Waals surface area (Å²) in [5.41, 5.74) is 0. The van der Waals surface area contributed by atoms with Crippen molar-refractivity contribution in [3.63, 3.8) is 0 Å². The quantitative estimate of drug-likeness (QED) is 0.349. The summed E-state index contributed by atoms with van der Waals surface area (Å²) in [7, 11) is 0. The van der Waals surface area contributed by atoms with Gasteiger partial charge in [0, 0.05) is 0 Å². The van der Waals surface area contributed by atoms with Crippen molar-refractivity contribution < 1.29 is 0 Å². The van der Waals surface area contributed by atoms with Gasteiger partial charge in [0.15, 0.2) is 0 Å². The van der Waals surface area contributed by atoms with Crippen LogP contribution in [-0.2, 0) is 0 Å². The number of halogens is 2. The molecule has 0 saturated carbocycles. The van der Waals surface area contributed by atoms with Gasteiger partial charge in [0.05, 0.1) is 0 Å². The molecule has 0 saturated heterocycles. The van der Waals surface area contributed by atoms with E-state index >= 15 is 0 Å². The summed E-state index contributed by atoms with van der Waals surface area (Å²) in [4.78, 5) is 0. The fourth-order valence-electron chi connectivity index (χ4n) is 0.947. The maximum absolute atomic E-state index is 6.11. The zero-order valence-corrected chi connectivity index (χ0v) is 9.59. The molecule has 0 spiro atoms. The van der Waals surface area contributed by atoms with E-state index in [4.69, 9.17) is 22.5 Å². The van der Waals surface area contributed by atoms with Crippen LogP contribution >= 0.6 is 28.4 Å². The van der Waals surface area contributed by atoms with Gasteiger partial charge in [-0.3, -0.25) is 0 Å². The Hall–Kier alpha value is 0.750. The second kappa shape index (κ2) is 6.29. The third kappa shape index (κ3) is 7.12. The zero-order valence-electron chi connectivity index (χ0n) is 7.08. The van der Waals surface area contributed by atoms with Gasteiger partial charge in [-0.25, -0.2) is 0 Å². The summed E-state index contributed by atoms with van der Waals surface area (Å²) < 4.78 is 0. The van der Waals surface area contributed by atoms with Crippen molar-refractivity contribution in [1.29, 1.82) is 0 Å². The van der Waals surface area contributed by atoms with E-state index in [1.807, 2.05) is 6.08 Å². The van der Waals surface area contributed by atoms with E-state index in [0.717, 1.165) is 12.3 Å². The van der Waals surface area contributed by atoms with Crippen molar-refractivity contribution in [2.75, 3.05) is 12.3 Å². The second-order valence-corrected chi connectivity index (χ2v) is 10.3. The van der Waals surface area contributed by atoms with Crippen LogP contribution in [0.25, 0.3) is 0 Å². The first-order chi connectivity index (χ1) is 5.12. The molecule has 0 rings (SSSR count). The monoisotopic (exact) mass is 214 g/mol. The Morgan fingerprint density at radius 2 is 2.00 bits per heavy atom. The number of rotatable bonds is 6. The van der Waals surface area contributed by atoms with Crippen LogP contribution in [0, 0.1) is 0 Å². The fourth-order valence-corrected chi connectivity index (χ4v) is 3.80. The average Bonchev–Trinajstić information content (AvgIpc) is 1.87. The fraction of sp³-hybridized carbons (Fsp3) is 0.750.